The molecule has 0 radical (unpaired) electrons. The van der Waals surface area contributed by atoms with Crippen LogP contribution in [0.1, 0.15) is 44.7 Å². The number of aryl methyl sites for hydroxylation is 2. The van der Waals surface area contributed by atoms with E-state index in [0.29, 0.717) is 30.8 Å². The van der Waals surface area contributed by atoms with Crippen molar-refractivity contribution >= 4 is 39.4 Å². The van der Waals surface area contributed by atoms with Crippen molar-refractivity contribution in [1.82, 2.24) is 14.9 Å². The Morgan fingerprint density at radius 1 is 1.03 bits per heavy atom. The first-order chi connectivity index (χ1) is 15.4. The first kappa shape index (κ1) is 23.4. The molecule has 1 spiro atoms. The zero-order chi connectivity index (χ0) is 24.2. The van der Waals surface area contributed by atoms with Crippen LogP contribution in [-0.4, -0.2) is 66.3 Å². The number of benzene rings is 1. The Morgan fingerprint density at radius 2 is 1.70 bits per heavy atom. The predicted octanol–water partition coefficient (Wildman–Crippen LogP) is 1.08. The Morgan fingerprint density at radius 3 is 2.21 bits per heavy atom. The van der Waals surface area contributed by atoms with Gasteiger partial charge in [0.25, 0.3) is 11.8 Å². The molecule has 0 unspecified atom stereocenters. The van der Waals surface area contributed by atoms with Crippen LogP contribution in [0.2, 0.25) is 0 Å². The largest absolute Gasteiger partial charge is 0.329 e. The van der Waals surface area contributed by atoms with Crippen molar-refractivity contribution in [1.29, 1.82) is 0 Å². The molecule has 33 heavy (non-hydrogen) atoms. The Kier molecular flexibility index (Phi) is 5.60. The van der Waals surface area contributed by atoms with E-state index < -0.39 is 27.1 Å². The van der Waals surface area contributed by atoms with Gasteiger partial charge in [-0.3, -0.25) is 24.8 Å². The van der Waals surface area contributed by atoms with Crippen LogP contribution < -0.4 is 15.5 Å². The fraction of sp³-hybridized carbons (Fsp3) is 0.545. The standard InChI is InChI=1S/C22H29N5O5S/c1-14-13-17(27-20(30)24-18(28)21(27,3)4)6-5-16(14)7-12-33(31,32)26-10-8-22(9-11-26)19(29)23-15(2)25-22/h5-6,13H,7-12H2,1-4H3,(H,23,25,29)(H,24,28,30). The van der Waals surface area contributed by atoms with Gasteiger partial charge in [-0.1, -0.05) is 6.07 Å². The summed E-state index contributed by atoms with van der Waals surface area (Å²) in [6, 6.07) is 4.86. The fourth-order valence-electron chi connectivity index (χ4n) is 4.72. The van der Waals surface area contributed by atoms with Crippen LogP contribution in [-0.2, 0) is 26.0 Å². The summed E-state index contributed by atoms with van der Waals surface area (Å²) in [5, 5.41) is 5.04. The number of aliphatic imine (C=N–C) groups is 1. The van der Waals surface area contributed by atoms with Gasteiger partial charge in [0.2, 0.25) is 10.0 Å². The summed E-state index contributed by atoms with van der Waals surface area (Å²) in [4.78, 5) is 42.3. The van der Waals surface area contributed by atoms with E-state index in [1.54, 1.807) is 39.0 Å². The minimum absolute atomic E-state index is 0.0527. The maximum atomic E-state index is 13.0. The van der Waals surface area contributed by atoms with Crippen LogP contribution in [0.3, 0.4) is 0 Å². The molecule has 3 heterocycles. The molecule has 1 aromatic carbocycles. The minimum atomic E-state index is -3.50. The van der Waals surface area contributed by atoms with Gasteiger partial charge in [-0.05, 0) is 70.2 Å². The number of piperidine rings is 1. The van der Waals surface area contributed by atoms with Gasteiger partial charge in [-0.15, -0.1) is 0 Å². The predicted molar refractivity (Wildman–Crippen MR) is 124 cm³/mol. The van der Waals surface area contributed by atoms with Crippen molar-refractivity contribution in [3.63, 3.8) is 0 Å². The number of amides is 4. The molecule has 4 rings (SSSR count). The number of hydrogen-bond acceptors (Lipinski definition) is 6. The Balaban J connectivity index is 1.42. The molecular formula is C22H29N5O5S. The molecule has 0 atom stereocenters. The number of nitrogens with one attached hydrogen (secondary N) is 2. The average Bonchev–Trinajstić information content (AvgIpc) is 3.11. The molecule has 3 aliphatic rings. The highest BCUT2D eigenvalue weighted by Crippen LogP contribution is 2.32. The highest BCUT2D eigenvalue weighted by atomic mass is 32.2. The Hall–Kier alpha value is -2.79. The van der Waals surface area contributed by atoms with Crippen molar-refractivity contribution in [2.45, 2.75) is 58.0 Å². The van der Waals surface area contributed by atoms with Crippen LogP contribution in [0.4, 0.5) is 10.5 Å². The second-order valence-electron chi connectivity index (χ2n) is 9.41. The van der Waals surface area contributed by atoms with Gasteiger partial charge >= 0.3 is 6.03 Å². The molecule has 0 aliphatic carbocycles. The topological polar surface area (TPSA) is 128 Å². The minimum Gasteiger partial charge on any atom is -0.313 e. The number of rotatable bonds is 5. The molecule has 11 heteroatoms. The number of imide groups is 1. The molecule has 0 saturated carbocycles. The van der Waals surface area contributed by atoms with E-state index in [1.165, 1.54) is 9.21 Å². The summed E-state index contributed by atoms with van der Waals surface area (Å²) in [7, 11) is -3.50. The molecule has 2 saturated heterocycles. The van der Waals surface area contributed by atoms with Crippen LogP contribution >= 0.6 is 0 Å². The van der Waals surface area contributed by atoms with Crippen LogP contribution in [0, 0.1) is 6.92 Å². The van der Waals surface area contributed by atoms with Gasteiger partial charge < -0.3 is 5.32 Å². The quantitative estimate of drug-likeness (QED) is 0.616. The maximum absolute atomic E-state index is 13.0. The van der Waals surface area contributed by atoms with Crippen LogP contribution in [0.5, 0.6) is 0 Å². The summed E-state index contributed by atoms with van der Waals surface area (Å²) >= 11 is 0. The van der Waals surface area contributed by atoms with Gasteiger partial charge in [-0.25, -0.2) is 17.5 Å². The van der Waals surface area contributed by atoms with Crippen molar-refractivity contribution in [2.24, 2.45) is 4.99 Å². The molecule has 2 N–H and O–H groups in total. The third-order valence-electron chi connectivity index (χ3n) is 6.79. The summed E-state index contributed by atoms with van der Waals surface area (Å²) < 4.78 is 27.3. The lowest BCUT2D eigenvalue weighted by Crippen LogP contribution is -2.50. The number of nitrogens with zero attached hydrogens (tertiary/aromatic N) is 3. The lowest BCUT2D eigenvalue weighted by atomic mass is 9.89. The zero-order valence-corrected chi connectivity index (χ0v) is 20.1. The number of hydrogen-bond donors (Lipinski definition) is 2. The highest BCUT2D eigenvalue weighted by molar-refractivity contribution is 7.89. The van der Waals surface area contributed by atoms with E-state index >= 15 is 0 Å². The molecular weight excluding hydrogens is 446 g/mol. The number of carbonyl (C=O) groups is 3. The number of carbonyl (C=O) groups excluding carboxylic acids is 3. The molecule has 1 aromatic rings. The van der Waals surface area contributed by atoms with Crippen LogP contribution in [0.15, 0.2) is 23.2 Å². The SMILES string of the molecule is CC1=NC2(CCN(S(=O)(=O)CCc3ccc(N4C(=O)NC(=O)C4(C)C)cc3C)CC2)C(=O)N1. The Labute approximate surface area is 193 Å². The maximum Gasteiger partial charge on any atom is 0.329 e. The van der Waals surface area contributed by atoms with E-state index in [-0.39, 0.29) is 30.7 Å². The number of sulfonamides is 1. The highest BCUT2D eigenvalue weighted by Gasteiger charge is 2.47. The molecule has 10 nitrogen and oxygen atoms in total. The lowest BCUT2D eigenvalue weighted by Gasteiger charge is -2.34. The van der Waals surface area contributed by atoms with Crippen molar-refractivity contribution in [2.75, 3.05) is 23.7 Å². The van der Waals surface area contributed by atoms with Crippen LogP contribution in [0.25, 0.3) is 0 Å². The third kappa shape index (κ3) is 4.04. The fourth-order valence-corrected chi connectivity index (χ4v) is 6.20. The number of urea groups is 1. The van der Waals surface area contributed by atoms with Gasteiger partial charge in [0.05, 0.1) is 5.75 Å². The van der Waals surface area contributed by atoms with Gasteiger partial charge in [0.1, 0.15) is 16.9 Å². The summed E-state index contributed by atoms with van der Waals surface area (Å²) in [5.74, 6) is 0.0151. The van der Waals surface area contributed by atoms with E-state index in [9.17, 15) is 22.8 Å². The first-order valence-electron chi connectivity index (χ1n) is 11.0. The number of anilines is 1. The van der Waals surface area contributed by atoms with Gasteiger partial charge in [0, 0.05) is 18.8 Å². The molecule has 3 aliphatic heterocycles. The molecule has 4 amide bonds. The second-order valence-corrected chi connectivity index (χ2v) is 11.5. The lowest BCUT2D eigenvalue weighted by molar-refractivity contribution is -0.125. The summed E-state index contributed by atoms with van der Waals surface area (Å²) in [6.45, 7) is 7.47. The van der Waals surface area contributed by atoms with Gasteiger partial charge in [0.15, 0.2) is 0 Å². The molecule has 0 bridgehead atoms. The van der Waals surface area contributed by atoms with Crippen molar-refractivity contribution < 1.29 is 22.8 Å². The summed E-state index contributed by atoms with van der Waals surface area (Å²) in [6.07, 6.45) is 1.06. The van der Waals surface area contributed by atoms with E-state index in [4.69, 9.17) is 0 Å². The van der Waals surface area contributed by atoms with E-state index in [0.717, 1.165) is 11.1 Å². The zero-order valence-electron chi connectivity index (χ0n) is 19.3. The van der Waals surface area contributed by atoms with Crippen molar-refractivity contribution in [3.05, 3.63) is 29.3 Å². The molecule has 2 fully saturated rings. The monoisotopic (exact) mass is 475 g/mol. The van der Waals surface area contributed by atoms with Gasteiger partial charge in [-0.2, -0.15) is 0 Å². The third-order valence-corrected chi connectivity index (χ3v) is 8.67. The Bertz CT molecular complexity index is 1170. The normalized spacial score (nSPS) is 22.5. The molecule has 0 aromatic heterocycles. The first-order valence-corrected chi connectivity index (χ1v) is 12.6. The summed E-state index contributed by atoms with van der Waals surface area (Å²) in [5.41, 5.74) is 0.448. The van der Waals surface area contributed by atoms with E-state index in [1.807, 2.05) is 6.92 Å². The molecule has 178 valence electrons. The smallest absolute Gasteiger partial charge is 0.313 e. The van der Waals surface area contributed by atoms with Crippen molar-refractivity contribution in [3.8, 4) is 0 Å². The average molecular weight is 476 g/mol. The number of amidine groups is 1. The van der Waals surface area contributed by atoms with E-state index in [2.05, 4.69) is 15.6 Å². The second kappa shape index (κ2) is 7.91.